The molecule has 0 saturated carbocycles. The van der Waals surface area contributed by atoms with Gasteiger partial charge in [-0.2, -0.15) is 0 Å². The Bertz CT molecular complexity index is 582. The van der Waals surface area contributed by atoms with Crippen LogP contribution in [-0.4, -0.2) is 27.6 Å². The first-order chi connectivity index (χ1) is 9.29. The smallest absolute Gasteiger partial charge is 0.338 e. The summed E-state index contributed by atoms with van der Waals surface area (Å²) in [5.41, 5.74) is 0.123. The fourth-order valence-corrected chi connectivity index (χ4v) is 2.47. The number of carbonyl (C=O) groups is 1. The molecule has 0 aliphatic carbocycles. The van der Waals surface area contributed by atoms with E-state index in [9.17, 15) is 13.2 Å². The van der Waals surface area contributed by atoms with E-state index in [1.165, 1.54) is 19.2 Å². The van der Waals surface area contributed by atoms with Gasteiger partial charge >= 0.3 is 5.97 Å². The molecule has 0 amide bonds. The number of ether oxygens (including phenoxy) is 2. The summed E-state index contributed by atoms with van der Waals surface area (Å²) in [4.78, 5) is 11.7. The van der Waals surface area contributed by atoms with E-state index in [4.69, 9.17) is 14.6 Å². The van der Waals surface area contributed by atoms with E-state index >= 15 is 0 Å². The lowest BCUT2D eigenvalue weighted by Gasteiger charge is -2.13. The van der Waals surface area contributed by atoms with Crippen LogP contribution >= 0.6 is 0 Å². The van der Waals surface area contributed by atoms with Gasteiger partial charge in [-0.3, -0.25) is 0 Å². The van der Waals surface area contributed by atoms with Crippen LogP contribution in [0.1, 0.15) is 37.0 Å². The van der Waals surface area contributed by atoms with Gasteiger partial charge in [0.15, 0.2) is 0 Å². The van der Waals surface area contributed by atoms with Crippen molar-refractivity contribution in [2.45, 2.75) is 37.7 Å². The first kappa shape index (κ1) is 16.5. The van der Waals surface area contributed by atoms with Crippen LogP contribution in [-0.2, 0) is 14.8 Å². The largest absolute Gasteiger partial charge is 0.495 e. The summed E-state index contributed by atoms with van der Waals surface area (Å²) in [5, 5.41) is 5.09. The van der Waals surface area contributed by atoms with Crippen LogP contribution in [0.3, 0.4) is 0 Å². The minimum absolute atomic E-state index is 0.0886. The number of primary sulfonamides is 1. The average molecular weight is 301 g/mol. The second kappa shape index (κ2) is 6.71. The third-order valence-corrected chi connectivity index (χ3v) is 3.64. The van der Waals surface area contributed by atoms with Gasteiger partial charge in [-0.05, 0) is 31.5 Å². The Balaban J connectivity index is 3.06. The summed E-state index contributed by atoms with van der Waals surface area (Å²) >= 11 is 0. The van der Waals surface area contributed by atoms with Crippen molar-refractivity contribution < 1.29 is 22.7 Å². The molecule has 0 spiro atoms. The zero-order valence-corrected chi connectivity index (χ0v) is 12.6. The van der Waals surface area contributed by atoms with Crippen LogP contribution in [0.15, 0.2) is 23.1 Å². The number of hydrogen-bond donors (Lipinski definition) is 1. The molecule has 1 unspecified atom stereocenters. The van der Waals surface area contributed by atoms with Crippen molar-refractivity contribution in [3.8, 4) is 5.75 Å². The molecule has 20 heavy (non-hydrogen) atoms. The molecule has 0 fully saturated rings. The van der Waals surface area contributed by atoms with Crippen LogP contribution in [0.4, 0.5) is 0 Å². The number of nitrogens with two attached hydrogens (primary N) is 1. The molecule has 1 rings (SSSR count). The van der Waals surface area contributed by atoms with E-state index < -0.39 is 16.0 Å². The molecule has 1 atom stereocenters. The van der Waals surface area contributed by atoms with Crippen molar-refractivity contribution in [1.29, 1.82) is 0 Å². The minimum atomic E-state index is -3.97. The first-order valence-electron chi connectivity index (χ1n) is 6.21. The Morgan fingerprint density at radius 2 is 2.05 bits per heavy atom. The summed E-state index contributed by atoms with van der Waals surface area (Å²) in [7, 11) is -2.65. The van der Waals surface area contributed by atoms with Crippen molar-refractivity contribution in [3.63, 3.8) is 0 Å². The summed E-state index contributed by atoms with van der Waals surface area (Å²) in [6, 6.07) is 3.98. The SMILES string of the molecule is CCCC(C)OC(=O)c1ccc(OC)c(S(N)(=O)=O)c1. The third kappa shape index (κ3) is 4.21. The zero-order valence-electron chi connectivity index (χ0n) is 11.8. The van der Waals surface area contributed by atoms with Crippen molar-refractivity contribution >= 4 is 16.0 Å². The van der Waals surface area contributed by atoms with E-state index in [0.717, 1.165) is 18.9 Å². The number of carbonyl (C=O) groups excluding carboxylic acids is 1. The molecular weight excluding hydrogens is 282 g/mol. The monoisotopic (exact) mass is 301 g/mol. The topological polar surface area (TPSA) is 95.7 Å². The number of benzene rings is 1. The highest BCUT2D eigenvalue weighted by Crippen LogP contribution is 2.24. The predicted molar refractivity (Wildman–Crippen MR) is 74.2 cm³/mol. The second-order valence-corrected chi connectivity index (χ2v) is 5.95. The Morgan fingerprint density at radius 1 is 1.40 bits per heavy atom. The van der Waals surface area contributed by atoms with E-state index in [-0.39, 0.29) is 22.3 Å². The molecule has 112 valence electrons. The molecule has 0 aromatic heterocycles. The van der Waals surface area contributed by atoms with Gasteiger partial charge in [-0.25, -0.2) is 18.4 Å². The van der Waals surface area contributed by atoms with Crippen molar-refractivity contribution in [2.75, 3.05) is 7.11 Å². The first-order valence-corrected chi connectivity index (χ1v) is 7.76. The number of sulfonamides is 1. The second-order valence-electron chi connectivity index (χ2n) is 4.42. The van der Waals surface area contributed by atoms with Crippen molar-refractivity contribution in [2.24, 2.45) is 5.14 Å². The molecule has 0 heterocycles. The molecule has 2 N–H and O–H groups in total. The fraction of sp³-hybridized carbons (Fsp3) is 0.462. The summed E-state index contributed by atoms with van der Waals surface area (Å²) in [5.74, 6) is -0.496. The maximum atomic E-state index is 11.9. The van der Waals surface area contributed by atoms with Gasteiger partial charge in [0.2, 0.25) is 10.0 Å². The number of methoxy groups -OCH3 is 1. The summed E-state index contributed by atoms with van der Waals surface area (Å²) < 4.78 is 33.0. The molecular formula is C13H19NO5S. The van der Waals surface area contributed by atoms with Crippen LogP contribution in [0.2, 0.25) is 0 Å². The average Bonchev–Trinajstić information content (AvgIpc) is 2.37. The minimum Gasteiger partial charge on any atom is -0.495 e. The molecule has 0 radical (unpaired) electrons. The Kier molecular flexibility index (Phi) is 5.52. The Morgan fingerprint density at radius 3 is 2.55 bits per heavy atom. The van der Waals surface area contributed by atoms with Gasteiger partial charge in [0.05, 0.1) is 18.8 Å². The van der Waals surface area contributed by atoms with Crippen LogP contribution < -0.4 is 9.88 Å². The fourth-order valence-electron chi connectivity index (χ4n) is 1.74. The lowest BCUT2D eigenvalue weighted by molar-refractivity contribution is 0.0323. The van der Waals surface area contributed by atoms with Gasteiger partial charge < -0.3 is 9.47 Å². The van der Waals surface area contributed by atoms with Crippen molar-refractivity contribution in [1.82, 2.24) is 0 Å². The molecule has 0 aliphatic heterocycles. The highest BCUT2D eigenvalue weighted by molar-refractivity contribution is 7.89. The molecule has 1 aromatic carbocycles. The lowest BCUT2D eigenvalue weighted by Crippen LogP contribution is -2.17. The van der Waals surface area contributed by atoms with E-state index in [0.29, 0.717) is 0 Å². The van der Waals surface area contributed by atoms with Gasteiger partial charge in [-0.15, -0.1) is 0 Å². The van der Waals surface area contributed by atoms with Crippen LogP contribution in [0.25, 0.3) is 0 Å². The quantitative estimate of drug-likeness (QED) is 0.807. The third-order valence-electron chi connectivity index (χ3n) is 2.71. The molecule has 0 bridgehead atoms. The normalized spacial score (nSPS) is 12.8. The molecule has 6 nitrogen and oxygen atoms in total. The standard InChI is InChI=1S/C13H19NO5S/c1-4-5-9(2)19-13(15)10-6-7-11(18-3)12(8-10)20(14,16)17/h6-9H,4-5H2,1-3H3,(H2,14,16,17). The summed E-state index contributed by atoms with van der Waals surface area (Å²) in [6.45, 7) is 3.77. The number of hydrogen-bond acceptors (Lipinski definition) is 5. The lowest BCUT2D eigenvalue weighted by atomic mass is 10.2. The van der Waals surface area contributed by atoms with Gasteiger partial charge in [0.1, 0.15) is 10.6 Å². The van der Waals surface area contributed by atoms with Gasteiger partial charge in [-0.1, -0.05) is 13.3 Å². The summed E-state index contributed by atoms with van der Waals surface area (Å²) in [6.07, 6.45) is 1.40. The van der Waals surface area contributed by atoms with Crippen LogP contribution in [0, 0.1) is 0 Å². The zero-order chi connectivity index (χ0) is 15.3. The maximum absolute atomic E-state index is 11.9. The highest BCUT2D eigenvalue weighted by Gasteiger charge is 2.19. The number of esters is 1. The number of rotatable bonds is 6. The molecule has 1 aromatic rings. The molecule has 0 aliphatic rings. The van der Waals surface area contributed by atoms with Crippen molar-refractivity contribution in [3.05, 3.63) is 23.8 Å². The van der Waals surface area contributed by atoms with E-state index in [1.807, 2.05) is 6.92 Å². The van der Waals surface area contributed by atoms with Gasteiger partial charge in [0.25, 0.3) is 0 Å². The highest BCUT2D eigenvalue weighted by atomic mass is 32.2. The Hall–Kier alpha value is -1.60. The molecule has 7 heteroatoms. The maximum Gasteiger partial charge on any atom is 0.338 e. The molecule has 0 saturated heterocycles. The predicted octanol–water partition coefficient (Wildman–Crippen LogP) is 1.69. The van der Waals surface area contributed by atoms with Gasteiger partial charge in [0, 0.05) is 0 Å². The van der Waals surface area contributed by atoms with E-state index in [1.54, 1.807) is 6.92 Å². The van der Waals surface area contributed by atoms with E-state index in [2.05, 4.69) is 0 Å². The Labute approximate surface area is 118 Å². The van der Waals surface area contributed by atoms with Crippen LogP contribution in [0.5, 0.6) is 5.75 Å².